The second-order valence-corrected chi connectivity index (χ2v) is 7.30. The van der Waals surface area contributed by atoms with E-state index < -0.39 is 0 Å². The number of rotatable bonds is 3. The van der Waals surface area contributed by atoms with E-state index in [1.165, 1.54) is 38.6 Å². The SMILES string of the molecule is CN=C(NCCc1nc2ccccc2[nH]1)N1CCC2(CCCC2)C1. The highest BCUT2D eigenvalue weighted by atomic mass is 15.3. The summed E-state index contributed by atoms with van der Waals surface area (Å²) in [5, 5.41) is 3.53. The van der Waals surface area contributed by atoms with Gasteiger partial charge < -0.3 is 15.2 Å². The van der Waals surface area contributed by atoms with E-state index in [1.807, 2.05) is 25.2 Å². The fourth-order valence-electron chi connectivity index (χ4n) is 4.40. The molecule has 2 aromatic rings. The van der Waals surface area contributed by atoms with Crippen molar-refractivity contribution in [3.8, 4) is 0 Å². The summed E-state index contributed by atoms with van der Waals surface area (Å²) >= 11 is 0. The Labute approximate surface area is 143 Å². The van der Waals surface area contributed by atoms with Crippen molar-refractivity contribution in [3.63, 3.8) is 0 Å². The molecule has 1 aliphatic carbocycles. The molecule has 0 amide bonds. The number of nitrogens with zero attached hydrogens (tertiary/aromatic N) is 3. The molecule has 2 aliphatic rings. The lowest BCUT2D eigenvalue weighted by molar-refractivity contribution is 0.309. The van der Waals surface area contributed by atoms with Gasteiger partial charge in [0.2, 0.25) is 0 Å². The van der Waals surface area contributed by atoms with Crippen LogP contribution in [-0.4, -0.2) is 47.5 Å². The molecule has 0 unspecified atom stereocenters. The predicted molar refractivity (Wildman–Crippen MR) is 98.3 cm³/mol. The topological polar surface area (TPSA) is 56.3 Å². The summed E-state index contributed by atoms with van der Waals surface area (Å²) in [7, 11) is 1.89. The number of para-hydroxylation sites is 2. The lowest BCUT2D eigenvalue weighted by atomic mass is 9.86. The van der Waals surface area contributed by atoms with Crippen LogP contribution in [-0.2, 0) is 6.42 Å². The van der Waals surface area contributed by atoms with E-state index in [9.17, 15) is 0 Å². The summed E-state index contributed by atoms with van der Waals surface area (Å²) < 4.78 is 0. The second-order valence-electron chi connectivity index (χ2n) is 7.30. The number of nitrogens with one attached hydrogen (secondary N) is 2. The maximum absolute atomic E-state index is 4.64. The van der Waals surface area contributed by atoms with Crippen molar-refractivity contribution in [2.24, 2.45) is 10.4 Å². The number of hydrogen-bond donors (Lipinski definition) is 2. The van der Waals surface area contributed by atoms with Crippen LogP contribution >= 0.6 is 0 Å². The van der Waals surface area contributed by atoms with Crippen LogP contribution in [0.15, 0.2) is 29.3 Å². The second kappa shape index (κ2) is 6.46. The summed E-state index contributed by atoms with van der Waals surface area (Å²) in [6.45, 7) is 3.18. The van der Waals surface area contributed by atoms with Crippen LogP contribution in [0.3, 0.4) is 0 Å². The summed E-state index contributed by atoms with van der Waals surface area (Å²) in [5.41, 5.74) is 2.73. The number of guanidine groups is 1. The van der Waals surface area contributed by atoms with Crippen molar-refractivity contribution in [1.82, 2.24) is 20.2 Å². The molecule has 2 N–H and O–H groups in total. The molecule has 1 aliphatic heterocycles. The Morgan fingerprint density at radius 1 is 1.29 bits per heavy atom. The van der Waals surface area contributed by atoms with Crippen molar-refractivity contribution in [1.29, 1.82) is 0 Å². The van der Waals surface area contributed by atoms with Gasteiger partial charge in [-0.15, -0.1) is 0 Å². The molecule has 0 radical (unpaired) electrons. The number of aromatic nitrogens is 2. The van der Waals surface area contributed by atoms with Gasteiger partial charge in [-0.3, -0.25) is 4.99 Å². The van der Waals surface area contributed by atoms with E-state index in [0.717, 1.165) is 42.3 Å². The summed E-state index contributed by atoms with van der Waals surface area (Å²) in [6, 6.07) is 8.19. The monoisotopic (exact) mass is 325 g/mol. The van der Waals surface area contributed by atoms with Crippen LogP contribution in [0.25, 0.3) is 11.0 Å². The van der Waals surface area contributed by atoms with Gasteiger partial charge in [-0.2, -0.15) is 0 Å². The Morgan fingerprint density at radius 3 is 2.92 bits per heavy atom. The molecule has 4 rings (SSSR count). The lowest BCUT2D eigenvalue weighted by Gasteiger charge is -2.25. The fraction of sp³-hybridized carbons (Fsp3) is 0.579. The van der Waals surface area contributed by atoms with Crippen molar-refractivity contribution in [2.45, 2.75) is 38.5 Å². The van der Waals surface area contributed by atoms with E-state index in [4.69, 9.17) is 0 Å². The van der Waals surface area contributed by atoms with Gasteiger partial charge in [0.15, 0.2) is 5.96 Å². The average Bonchev–Trinajstić information content (AvgIpc) is 3.32. The number of aromatic amines is 1. The van der Waals surface area contributed by atoms with Crippen molar-refractivity contribution < 1.29 is 0 Å². The first kappa shape index (κ1) is 15.5. The Kier molecular flexibility index (Phi) is 4.17. The third-order valence-corrected chi connectivity index (χ3v) is 5.70. The summed E-state index contributed by atoms with van der Waals surface area (Å²) in [4.78, 5) is 15.0. The van der Waals surface area contributed by atoms with Gasteiger partial charge in [-0.1, -0.05) is 25.0 Å². The minimum atomic E-state index is 0.580. The van der Waals surface area contributed by atoms with E-state index in [2.05, 4.69) is 31.2 Å². The highest BCUT2D eigenvalue weighted by Crippen LogP contribution is 2.45. The predicted octanol–water partition coefficient (Wildman–Crippen LogP) is 2.95. The molecule has 0 bridgehead atoms. The van der Waals surface area contributed by atoms with E-state index in [-0.39, 0.29) is 0 Å². The van der Waals surface area contributed by atoms with Gasteiger partial charge in [-0.05, 0) is 36.8 Å². The van der Waals surface area contributed by atoms with Gasteiger partial charge in [0, 0.05) is 33.1 Å². The number of benzene rings is 1. The van der Waals surface area contributed by atoms with E-state index >= 15 is 0 Å². The van der Waals surface area contributed by atoms with Crippen molar-refractivity contribution in [2.75, 3.05) is 26.7 Å². The number of imidazole rings is 1. The smallest absolute Gasteiger partial charge is 0.193 e. The maximum Gasteiger partial charge on any atom is 0.193 e. The first-order chi connectivity index (χ1) is 11.8. The standard InChI is InChI=1S/C19H27N5/c1-20-18(24-13-11-19(14-24)9-4-5-10-19)21-12-8-17-22-15-6-2-3-7-16(15)23-17/h2-3,6-7H,4-5,8-14H2,1H3,(H,20,21)(H,22,23). The Morgan fingerprint density at radius 2 is 2.12 bits per heavy atom. The zero-order valence-electron chi connectivity index (χ0n) is 14.5. The fourth-order valence-corrected chi connectivity index (χ4v) is 4.40. The van der Waals surface area contributed by atoms with Crippen LogP contribution in [0.5, 0.6) is 0 Å². The minimum absolute atomic E-state index is 0.580. The number of likely N-dealkylation sites (tertiary alicyclic amines) is 1. The number of hydrogen-bond acceptors (Lipinski definition) is 2. The largest absolute Gasteiger partial charge is 0.356 e. The number of H-pyrrole nitrogens is 1. The van der Waals surface area contributed by atoms with Crippen molar-refractivity contribution in [3.05, 3.63) is 30.1 Å². The van der Waals surface area contributed by atoms with Gasteiger partial charge in [0.1, 0.15) is 5.82 Å². The molecular weight excluding hydrogens is 298 g/mol. The zero-order chi connectivity index (χ0) is 16.4. The molecule has 1 saturated heterocycles. The summed E-state index contributed by atoms with van der Waals surface area (Å²) in [5.74, 6) is 2.09. The lowest BCUT2D eigenvalue weighted by Crippen LogP contribution is -2.41. The maximum atomic E-state index is 4.64. The first-order valence-electron chi connectivity index (χ1n) is 9.17. The Hall–Kier alpha value is -2.04. The molecule has 2 fully saturated rings. The molecular formula is C19H27N5. The molecule has 5 heteroatoms. The van der Waals surface area contributed by atoms with Gasteiger partial charge in [-0.25, -0.2) is 4.98 Å². The van der Waals surface area contributed by atoms with Crippen LogP contribution in [0.2, 0.25) is 0 Å². The third kappa shape index (κ3) is 2.99. The highest BCUT2D eigenvalue weighted by molar-refractivity contribution is 5.80. The highest BCUT2D eigenvalue weighted by Gasteiger charge is 2.40. The zero-order valence-corrected chi connectivity index (χ0v) is 14.5. The molecule has 24 heavy (non-hydrogen) atoms. The van der Waals surface area contributed by atoms with Gasteiger partial charge >= 0.3 is 0 Å². The Balaban J connectivity index is 1.32. The third-order valence-electron chi connectivity index (χ3n) is 5.70. The van der Waals surface area contributed by atoms with Gasteiger partial charge in [0.25, 0.3) is 0 Å². The van der Waals surface area contributed by atoms with E-state index in [1.54, 1.807) is 0 Å². The average molecular weight is 325 g/mol. The normalized spacial score (nSPS) is 20.4. The minimum Gasteiger partial charge on any atom is -0.356 e. The molecule has 5 nitrogen and oxygen atoms in total. The molecule has 1 saturated carbocycles. The van der Waals surface area contributed by atoms with Crippen LogP contribution in [0.4, 0.5) is 0 Å². The molecule has 1 spiro atoms. The first-order valence-corrected chi connectivity index (χ1v) is 9.17. The molecule has 2 heterocycles. The van der Waals surface area contributed by atoms with Gasteiger partial charge in [0.05, 0.1) is 11.0 Å². The number of fused-ring (bicyclic) bond motifs is 1. The van der Waals surface area contributed by atoms with Crippen LogP contribution in [0, 0.1) is 5.41 Å². The molecule has 0 atom stereocenters. The van der Waals surface area contributed by atoms with E-state index in [0.29, 0.717) is 5.41 Å². The molecule has 1 aromatic carbocycles. The molecule has 1 aromatic heterocycles. The quantitative estimate of drug-likeness (QED) is 0.674. The molecule has 128 valence electrons. The Bertz CT molecular complexity index is 693. The number of aliphatic imine (C=N–C) groups is 1. The van der Waals surface area contributed by atoms with Crippen LogP contribution in [0.1, 0.15) is 37.9 Å². The van der Waals surface area contributed by atoms with Crippen LogP contribution < -0.4 is 5.32 Å². The summed E-state index contributed by atoms with van der Waals surface area (Å²) in [6.07, 6.45) is 7.83. The van der Waals surface area contributed by atoms with Crippen molar-refractivity contribution >= 4 is 17.0 Å².